The first-order valence-corrected chi connectivity index (χ1v) is 12.8. The van der Waals surface area contributed by atoms with E-state index in [1.165, 1.54) is 32.1 Å². The van der Waals surface area contributed by atoms with Crippen LogP contribution in [-0.4, -0.2) is 62.2 Å². The maximum Gasteiger partial charge on any atom is 0.213 e. The van der Waals surface area contributed by atoms with Gasteiger partial charge in [-0.15, -0.1) is 0 Å². The third kappa shape index (κ3) is 6.12. The average Bonchev–Trinajstić information content (AvgIpc) is 2.71. The van der Waals surface area contributed by atoms with Crippen molar-refractivity contribution in [2.45, 2.75) is 43.4 Å². The summed E-state index contributed by atoms with van der Waals surface area (Å²) in [5.41, 5.74) is 0.957. The molecule has 1 aromatic carbocycles. The van der Waals surface area contributed by atoms with Gasteiger partial charge in [0.05, 0.1) is 5.75 Å². The van der Waals surface area contributed by atoms with Crippen LogP contribution in [0.2, 0.25) is 0 Å². The van der Waals surface area contributed by atoms with Crippen molar-refractivity contribution in [1.29, 1.82) is 0 Å². The van der Waals surface area contributed by atoms with Gasteiger partial charge in [0.2, 0.25) is 10.0 Å². The Balaban J connectivity index is 1.47. The van der Waals surface area contributed by atoms with E-state index in [-0.39, 0.29) is 5.75 Å². The van der Waals surface area contributed by atoms with E-state index in [9.17, 15) is 8.42 Å². The number of nitrogens with zero attached hydrogens (tertiary/aromatic N) is 2. The van der Waals surface area contributed by atoms with E-state index in [2.05, 4.69) is 31.7 Å². The normalized spacial score (nSPS) is 20.3. The number of nitrogens with one attached hydrogen (secondary N) is 2. The van der Waals surface area contributed by atoms with Crippen LogP contribution in [0.25, 0.3) is 0 Å². The van der Waals surface area contributed by atoms with Gasteiger partial charge in [0.15, 0.2) is 5.96 Å². The summed E-state index contributed by atoms with van der Waals surface area (Å²) < 4.78 is 27.6. The summed E-state index contributed by atoms with van der Waals surface area (Å²) in [6, 6.07) is 9.57. The minimum absolute atomic E-state index is 0.0343. The van der Waals surface area contributed by atoms with Crippen LogP contribution in [0.15, 0.2) is 35.3 Å². The Morgan fingerprint density at radius 3 is 2.68 bits per heavy atom. The largest absolute Gasteiger partial charge is 0.355 e. The van der Waals surface area contributed by atoms with Gasteiger partial charge in [0.25, 0.3) is 0 Å². The SMILES string of the molecule is CN=C(NCCS(=O)(=O)NCc1ccccc1)N1CCSC2(CCCCC2)C1. The molecule has 2 N–H and O–H groups in total. The number of guanidine groups is 1. The van der Waals surface area contributed by atoms with Gasteiger partial charge in [-0.1, -0.05) is 49.6 Å². The lowest BCUT2D eigenvalue weighted by atomic mass is 9.87. The number of rotatable bonds is 6. The van der Waals surface area contributed by atoms with E-state index in [4.69, 9.17) is 0 Å². The van der Waals surface area contributed by atoms with Crippen LogP contribution in [0.4, 0.5) is 0 Å². The van der Waals surface area contributed by atoms with Gasteiger partial charge < -0.3 is 10.2 Å². The molecule has 0 bridgehead atoms. The van der Waals surface area contributed by atoms with Gasteiger partial charge in [-0.3, -0.25) is 4.99 Å². The number of benzene rings is 1. The van der Waals surface area contributed by atoms with Gasteiger partial charge in [-0.05, 0) is 18.4 Å². The van der Waals surface area contributed by atoms with E-state index in [0.717, 1.165) is 30.4 Å². The lowest BCUT2D eigenvalue weighted by molar-refractivity contribution is 0.293. The minimum Gasteiger partial charge on any atom is -0.355 e. The average molecular weight is 425 g/mol. The molecule has 6 nitrogen and oxygen atoms in total. The summed E-state index contributed by atoms with van der Waals surface area (Å²) in [4.78, 5) is 6.72. The molecule has 0 radical (unpaired) electrons. The zero-order valence-electron chi connectivity index (χ0n) is 16.7. The van der Waals surface area contributed by atoms with E-state index in [1.54, 1.807) is 7.05 Å². The van der Waals surface area contributed by atoms with Crippen molar-refractivity contribution in [1.82, 2.24) is 14.9 Å². The number of thioether (sulfide) groups is 1. The van der Waals surface area contributed by atoms with Crippen LogP contribution in [0.1, 0.15) is 37.7 Å². The van der Waals surface area contributed by atoms with Crippen molar-refractivity contribution in [2.24, 2.45) is 4.99 Å². The fourth-order valence-electron chi connectivity index (χ4n) is 4.02. The maximum absolute atomic E-state index is 12.3. The monoisotopic (exact) mass is 424 g/mol. The molecule has 0 atom stereocenters. The summed E-state index contributed by atoms with van der Waals surface area (Å²) in [6.45, 7) is 2.65. The standard InChI is InChI=1S/C20H32N4O2S2/c1-21-19(24-13-14-27-20(17-24)10-6-3-7-11-20)22-12-15-28(25,26)23-16-18-8-4-2-5-9-18/h2,4-5,8-9,23H,3,6-7,10-17H2,1H3,(H,21,22). The van der Waals surface area contributed by atoms with Gasteiger partial charge in [0, 0.05) is 43.7 Å². The molecule has 1 heterocycles. The van der Waals surface area contributed by atoms with Crippen molar-refractivity contribution in [3.05, 3.63) is 35.9 Å². The van der Waals surface area contributed by atoms with E-state index >= 15 is 0 Å². The van der Waals surface area contributed by atoms with Crippen LogP contribution >= 0.6 is 11.8 Å². The molecule has 1 saturated heterocycles. The van der Waals surface area contributed by atoms with Crippen LogP contribution in [-0.2, 0) is 16.6 Å². The fourth-order valence-corrected chi connectivity index (χ4v) is 6.49. The molecule has 8 heteroatoms. The predicted octanol–water partition coefficient (Wildman–Crippen LogP) is 2.43. The molecular weight excluding hydrogens is 392 g/mol. The Morgan fingerprint density at radius 2 is 1.96 bits per heavy atom. The maximum atomic E-state index is 12.3. The van der Waals surface area contributed by atoms with E-state index < -0.39 is 10.0 Å². The van der Waals surface area contributed by atoms with Gasteiger partial charge in [-0.25, -0.2) is 13.1 Å². The molecule has 0 amide bonds. The molecule has 156 valence electrons. The summed E-state index contributed by atoms with van der Waals surface area (Å²) in [6.07, 6.45) is 6.55. The smallest absolute Gasteiger partial charge is 0.213 e. The van der Waals surface area contributed by atoms with Crippen molar-refractivity contribution in [3.63, 3.8) is 0 Å². The number of hydrogen-bond donors (Lipinski definition) is 2. The van der Waals surface area contributed by atoms with Crippen molar-refractivity contribution in [2.75, 3.05) is 38.2 Å². The minimum atomic E-state index is -3.33. The predicted molar refractivity (Wildman–Crippen MR) is 118 cm³/mol. The van der Waals surface area contributed by atoms with Gasteiger partial charge >= 0.3 is 0 Å². The highest BCUT2D eigenvalue weighted by molar-refractivity contribution is 8.00. The number of sulfonamides is 1. The fraction of sp³-hybridized carbons (Fsp3) is 0.650. The Kier molecular flexibility index (Phi) is 7.65. The molecule has 0 aromatic heterocycles. The molecule has 28 heavy (non-hydrogen) atoms. The quantitative estimate of drug-likeness (QED) is 0.542. The summed E-state index contributed by atoms with van der Waals surface area (Å²) in [7, 11) is -1.55. The molecule has 1 aliphatic carbocycles. The Bertz CT molecular complexity index is 741. The Hall–Kier alpha value is -1.25. The molecule has 1 spiro atoms. The lowest BCUT2D eigenvalue weighted by Gasteiger charge is -2.45. The molecule has 1 saturated carbocycles. The highest BCUT2D eigenvalue weighted by Gasteiger charge is 2.38. The lowest BCUT2D eigenvalue weighted by Crippen LogP contribution is -2.54. The highest BCUT2D eigenvalue weighted by atomic mass is 32.2. The summed E-state index contributed by atoms with van der Waals surface area (Å²) in [5, 5.41) is 3.26. The molecule has 1 aromatic rings. The zero-order valence-corrected chi connectivity index (χ0v) is 18.3. The first kappa shape index (κ1) is 21.5. The number of aliphatic imine (C=N–C) groups is 1. The van der Waals surface area contributed by atoms with E-state index in [1.807, 2.05) is 30.3 Å². The second-order valence-electron chi connectivity index (χ2n) is 7.61. The molecule has 1 aliphatic heterocycles. The topological polar surface area (TPSA) is 73.8 Å². The molecule has 3 rings (SSSR count). The van der Waals surface area contributed by atoms with Crippen molar-refractivity contribution in [3.8, 4) is 0 Å². The van der Waals surface area contributed by atoms with Crippen LogP contribution in [0.3, 0.4) is 0 Å². The summed E-state index contributed by atoms with van der Waals surface area (Å²) >= 11 is 2.12. The summed E-state index contributed by atoms with van der Waals surface area (Å²) in [5.74, 6) is 1.97. The second kappa shape index (κ2) is 9.98. The highest BCUT2D eigenvalue weighted by Crippen LogP contribution is 2.42. The number of hydrogen-bond acceptors (Lipinski definition) is 4. The van der Waals surface area contributed by atoms with Gasteiger partial charge in [-0.2, -0.15) is 11.8 Å². The first-order chi connectivity index (χ1) is 13.5. The molecule has 2 aliphatic rings. The second-order valence-corrected chi connectivity index (χ2v) is 11.1. The Labute approximate surface area is 173 Å². The molecular formula is C20H32N4O2S2. The van der Waals surface area contributed by atoms with Gasteiger partial charge in [0.1, 0.15) is 0 Å². The third-order valence-electron chi connectivity index (χ3n) is 5.52. The van der Waals surface area contributed by atoms with Crippen molar-refractivity contribution >= 4 is 27.7 Å². The van der Waals surface area contributed by atoms with E-state index in [0.29, 0.717) is 17.8 Å². The van der Waals surface area contributed by atoms with Crippen LogP contribution in [0, 0.1) is 0 Å². The molecule has 0 unspecified atom stereocenters. The van der Waals surface area contributed by atoms with Crippen LogP contribution in [0.5, 0.6) is 0 Å². The van der Waals surface area contributed by atoms with Crippen molar-refractivity contribution < 1.29 is 8.42 Å². The zero-order chi connectivity index (χ0) is 19.9. The van der Waals surface area contributed by atoms with Crippen LogP contribution < -0.4 is 10.0 Å². The molecule has 2 fully saturated rings. The third-order valence-corrected chi connectivity index (χ3v) is 8.38. The first-order valence-electron chi connectivity index (χ1n) is 10.1. The Morgan fingerprint density at radius 1 is 1.21 bits per heavy atom.